The van der Waals surface area contributed by atoms with Gasteiger partial charge in [-0.3, -0.25) is 0 Å². The number of rotatable bonds is 6. The van der Waals surface area contributed by atoms with E-state index in [1.54, 1.807) is 0 Å². The predicted octanol–water partition coefficient (Wildman–Crippen LogP) is 13.4. The molecule has 4 heteroatoms. The Balaban J connectivity index is 1.33. The van der Waals surface area contributed by atoms with Crippen LogP contribution in [-0.4, -0.2) is 29.9 Å². The Morgan fingerprint density at radius 1 is 0.431 bits per heavy atom. The topological polar surface area (TPSA) is 38.7 Å². The summed E-state index contributed by atoms with van der Waals surface area (Å²) in [6, 6.07) is 63.9. The van der Waals surface area contributed by atoms with Crippen LogP contribution in [0.2, 0.25) is 0 Å². The summed E-state index contributed by atoms with van der Waals surface area (Å²) in [6.07, 6.45) is 0.842. The number of hydrogen-bond acceptors (Lipinski definition) is 3. The van der Waals surface area contributed by atoms with E-state index in [2.05, 4.69) is 195 Å². The number of aromatic nitrogens is 3. The predicted molar refractivity (Wildman–Crippen MR) is 242 cm³/mol. The number of fused-ring (bicyclic) bond motifs is 6. The Labute approximate surface area is 344 Å². The van der Waals surface area contributed by atoms with Gasteiger partial charge < -0.3 is 0 Å². The van der Waals surface area contributed by atoms with Crippen molar-refractivity contribution in [2.24, 2.45) is 0 Å². The Morgan fingerprint density at radius 2 is 1.03 bits per heavy atom. The van der Waals surface area contributed by atoms with Crippen LogP contribution in [0, 0.1) is 13.8 Å². The molecule has 0 spiro atoms. The first-order chi connectivity index (χ1) is 28.6. The van der Waals surface area contributed by atoms with Gasteiger partial charge in [-0.05, 0) is 0 Å². The van der Waals surface area contributed by atoms with Crippen molar-refractivity contribution in [3.63, 3.8) is 0 Å². The molecule has 1 aliphatic rings. The van der Waals surface area contributed by atoms with Crippen LogP contribution in [0.25, 0.3) is 97.4 Å². The van der Waals surface area contributed by atoms with Gasteiger partial charge in [-0.25, -0.2) is 0 Å². The molecule has 10 aromatic rings. The molecule has 1 aliphatic carbocycles. The van der Waals surface area contributed by atoms with Gasteiger partial charge in [0.1, 0.15) is 0 Å². The van der Waals surface area contributed by atoms with E-state index in [9.17, 15) is 0 Å². The zero-order chi connectivity index (χ0) is 38.7. The van der Waals surface area contributed by atoms with Gasteiger partial charge >= 0.3 is 334 Å². The SMILES string of the molecule is Cc1cc2c(c(-c3c(-c4ccccc4)nnnc3-c3c(-c4ccccc4)cccc3-c3c(-c4ccccc4)ccc4[se]c5ccccc5c34)c1C)Cc1ccccc1-2. The summed E-state index contributed by atoms with van der Waals surface area (Å²) in [6.45, 7) is 4.51. The summed E-state index contributed by atoms with van der Waals surface area (Å²) in [5.41, 5.74) is 20.7. The van der Waals surface area contributed by atoms with Gasteiger partial charge in [-0.2, -0.15) is 0 Å². The van der Waals surface area contributed by atoms with Crippen LogP contribution in [-0.2, 0) is 6.42 Å². The number of aryl methyl sites for hydroxylation is 1. The number of nitrogens with zero attached hydrogens (tertiary/aromatic N) is 3. The van der Waals surface area contributed by atoms with E-state index in [0.717, 1.165) is 51.2 Å². The van der Waals surface area contributed by atoms with Crippen molar-refractivity contribution in [2.45, 2.75) is 20.3 Å². The van der Waals surface area contributed by atoms with Gasteiger partial charge in [-0.1, -0.05) is 12.1 Å². The minimum absolute atomic E-state index is 0.184. The molecular weight excluding hydrogens is 770 g/mol. The first-order valence-electron chi connectivity index (χ1n) is 19.8. The molecule has 0 bridgehead atoms. The normalized spacial score (nSPS) is 11.9. The van der Waals surface area contributed by atoms with Crippen LogP contribution < -0.4 is 0 Å². The first-order valence-corrected chi connectivity index (χ1v) is 21.5. The molecule has 58 heavy (non-hydrogen) atoms. The third-order valence-corrected chi connectivity index (χ3v) is 14.4. The van der Waals surface area contributed by atoms with Crippen LogP contribution in [0.4, 0.5) is 0 Å². The van der Waals surface area contributed by atoms with Gasteiger partial charge in [-0.15, -0.1) is 0 Å². The first kappa shape index (κ1) is 34.5. The molecule has 0 N–H and O–H groups in total. The molecule has 0 saturated carbocycles. The Kier molecular flexibility index (Phi) is 8.36. The zero-order valence-corrected chi connectivity index (χ0v) is 33.9. The maximum absolute atomic E-state index is 5.21. The fourth-order valence-corrected chi connectivity index (χ4v) is 11.6. The van der Waals surface area contributed by atoms with E-state index in [4.69, 9.17) is 10.2 Å². The van der Waals surface area contributed by atoms with Gasteiger partial charge in [0.25, 0.3) is 0 Å². The van der Waals surface area contributed by atoms with E-state index in [-0.39, 0.29) is 14.5 Å². The van der Waals surface area contributed by atoms with E-state index < -0.39 is 0 Å². The monoisotopic (exact) mass is 807 g/mol. The third kappa shape index (κ3) is 5.52. The fourth-order valence-electron chi connectivity index (χ4n) is 9.22. The molecule has 11 rings (SSSR count). The van der Waals surface area contributed by atoms with Gasteiger partial charge in [0, 0.05) is 0 Å². The van der Waals surface area contributed by atoms with Crippen molar-refractivity contribution in [1.29, 1.82) is 0 Å². The van der Waals surface area contributed by atoms with Crippen LogP contribution in [0.3, 0.4) is 0 Å². The van der Waals surface area contributed by atoms with Crippen molar-refractivity contribution >= 4 is 33.8 Å². The van der Waals surface area contributed by atoms with Crippen molar-refractivity contribution in [3.8, 4) is 78.1 Å². The molecular formula is C54H37N3Se. The van der Waals surface area contributed by atoms with Crippen LogP contribution in [0.15, 0.2) is 176 Å². The van der Waals surface area contributed by atoms with Crippen LogP contribution in [0.1, 0.15) is 22.3 Å². The summed E-state index contributed by atoms with van der Waals surface area (Å²) in [5, 5.41) is 17.5. The minimum atomic E-state index is 0.184. The van der Waals surface area contributed by atoms with Crippen LogP contribution >= 0.6 is 0 Å². The second kappa shape index (κ2) is 14.0. The maximum atomic E-state index is 5.21. The quantitative estimate of drug-likeness (QED) is 0.157. The van der Waals surface area contributed by atoms with E-state index in [0.29, 0.717) is 0 Å². The average molecular weight is 807 g/mol. The zero-order valence-electron chi connectivity index (χ0n) is 32.2. The molecule has 0 fully saturated rings. The molecule has 274 valence electrons. The Hall–Kier alpha value is -6.71. The van der Waals surface area contributed by atoms with Gasteiger partial charge in [0.15, 0.2) is 0 Å². The van der Waals surface area contributed by atoms with E-state index in [1.165, 1.54) is 74.9 Å². The molecule has 2 aromatic heterocycles. The molecule has 2 heterocycles. The van der Waals surface area contributed by atoms with Crippen molar-refractivity contribution in [3.05, 3.63) is 198 Å². The van der Waals surface area contributed by atoms with Gasteiger partial charge in [0.2, 0.25) is 0 Å². The molecule has 3 nitrogen and oxygen atoms in total. The van der Waals surface area contributed by atoms with Crippen LogP contribution in [0.5, 0.6) is 0 Å². The Morgan fingerprint density at radius 3 is 1.79 bits per heavy atom. The number of hydrogen-bond donors (Lipinski definition) is 0. The fraction of sp³-hybridized carbons (Fsp3) is 0.0556. The van der Waals surface area contributed by atoms with Gasteiger partial charge in [0.05, 0.1) is 0 Å². The average Bonchev–Trinajstić information content (AvgIpc) is 3.85. The molecule has 0 aliphatic heterocycles. The van der Waals surface area contributed by atoms with E-state index >= 15 is 0 Å². The Bertz CT molecular complexity index is 3200. The third-order valence-electron chi connectivity index (χ3n) is 12.0. The summed E-state index contributed by atoms with van der Waals surface area (Å²) in [5.74, 6) is 0. The summed E-state index contributed by atoms with van der Waals surface area (Å²) < 4.78 is 2.81. The standard InChI is InChI=1S/C54H37N3Se/c1-33-31-44-39-24-13-12-23-38(39)32-45(44)48(34(33)2)52-53(37-21-10-5-11-22-37)55-57-56-54(52)50-40(35-17-6-3-7-18-35)26-16-27-43(50)49-41(36-19-8-4-9-20-36)29-30-47-51(49)42-25-14-15-28-46(42)58-47/h3-31H,32H2,1-2H3. The van der Waals surface area contributed by atoms with Crippen molar-refractivity contribution in [2.75, 3.05) is 0 Å². The van der Waals surface area contributed by atoms with Crippen molar-refractivity contribution < 1.29 is 0 Å². The summed E-state index contributed by atoms with van der Waals surface area (Å²) >= 11 is 0.184. The summed E-state index contributed by atoms with van der Waals surface area (Å²) in [7, 11) is 0. The van der Waals surface area contributed by atoms with E-state index in [1.807, 2.05) is 0 Å². The second-order valence-electron chi connectivity index (χ2n) is 15.2. The van der Waals surface area contributed by atoms with Crippen molar-refractivity contribution in [1.82, 2.24) is 15.4 Å². The summed E-state index contributed by atoms with van der Waals surface area (Å²) in [4.78, 5) is 0. The molecule has 0 saturated heterocycles. The number of benzene rings is 8. The molecule has 0 atom stereocenters. The molecule has 0 unspecified atom stereocenters. The molecule has 0 amide bonds. The second-order valence-corrected chi connectivity index (χ2v) is 17.5. The molecule has 8 aromatic carbocycles. The molecule has 0 radical (unpaired) electrons.